The summed E-state index contributed by atoms with van der Waals surface area (Å²) in [5.74, 6) is 0.952. The predicted molar refractivity (Wildman–Crippen MR) is 68.1 cm³/mol. The Morgan fingerprint density at radius 3 is 2.71 bits per heavy atom. The summed E-state index contributed by atoms with van der Waals surface area (Å²) in [6.45, 7) is 2.00. The van der Waals surface area contributed by atoms with Gasteiger partial charge in [-0.15, -0.1) is 0 Å². The van der Waals surface area contributed by atoms with Crippen molar-refractivity contribution in [2.45, 2.75) is 12.8 Å². The van der Waals surface area contributed by atoms with Gasteiger partial charge >= 0.3 is 0 Å². The molecule has 0 saturated heterocycles. The second-order valence-corrected chi connectivity index (χ2v) is 3.72. The van der Waals surface area contributed by atoms with Gasteiger partial charge in [0.05, 0.1) is 6.61 Å². The average molecular weight is 236 g/mol. The van der Waals surface area contributed by atoms with E-state index in [1.54, 1.807) is 0 Å². The van der Waals surface area contributed by atoms with E-state index in [0.29, 0.717) is 26.1 Å². The largest absolute Gasteiger partial charge is 0.494 e. The molecule has 0 radical (unpaired) electrons. The van der Waals surface area contributed by atoms with Crippen LogP contribution in [0.15, 0.2) is 30.3 Å². The van der Waals surface area contributed by atoms with E-state index in [2.05, 4.69) is 10.6 Å². The molecule has 1 amide bonds. The van der Waals surface area contributed by atoms with E-state index in [4.69, 9.17) is 4.74 Å². The second kappa shape index (κ2) is 8.58. The summed E-state index contributed by atoms with van der Waals surface area (Å²) in [4.78, 5) is 11.2. The van der Waals surface area contributed by atoms with E-state index in [1.165, 1.54) is 0 Å². The van der Waals surface area contributed by atoms with E-state index in [1.807, 2.05) is 37.4 Å². The Morgan fingerprint density at radius 1 is 1.24 bits per heavy atom. The number of carbonyl (C=O) groups excluding carboxylic acids is 1. The molecular formula is C13H20N2O2. The molecule has 2 N–H and O–H groups in total. The zero-order valence-corrected chi connectivity index (χ0v) is 10.2. The zero-order chi connectivity index (χ0) is 12.3. The lowest BCUT2D eigenvalue weighted by Gasteiger charge is -2.07. The van der Waals surface area contributed by atoms with Crippen LogP contribution in [0.25, 0.3) is 0 Å². The summed E-state index contributed by atoms with van der Waals surface area (Å²) in [7, 11) is 1.83. The first kappa shape index (κ1) is 13.5. The Hall–Kier alpha value is -1.55. The van der Waals surface area contributed by atoms with Gasteiger partial charge in [0.2, 0.25) is 5.91 Å². The van der Waals surface area contributed by atoms with Crippen LogP contribution in [0.3, 0.4) is 0 Å². The molecule has 0 atom stereocenters. The molecule has 0 aromatic heterocycles. The molecule has 0 fully saturated rings. The maximum atomic E-state index is 11.2. The fourth-order valence-electron chi connectivity index (χ4n) is 1.33. The molecule has 17 heavy (non-hydrogen) atoms. The van der Waals surface area contributed by atoms with Crippen molar-refractivity contribution in [1.82, 2.24) is 10.6 Å². The van der Waals surface area contributed by atoms with Crippen molar-refractivity contribution in [3.05, 3.63) is 30.3 Å². The Morgan fingerprint density at radius 2 is 2.00 bits per heavy atom. The van der Waals surface area contributed by atoms with Crippen LogP contribution in [0.4, 0.5) is 0 Å². The Labute approximate surface area is 102 Å². The number of para-hydroxylation sites is 1. The molecule has 1 rings (SSSR count). The van der Waals surface area contributed by atoms with Gasteiger partial charge in [-0.05, 0) is 25.6 Å². The fourth-order valence-corrected chi connectivity index (χ4v) is 1.33. The highest BCUT2D eigenvalue weighted by atomic mass is 16.5. The van der Waals surface area contributed by atoms with Gasteiger partial charge in [-0.3, -0.25) is 4.79 Å². The second-order valence-electron chi connectivity index (χ2n) is 3.72. The normalized spacial score (nSPS) is 9.94. The SMILES string of the molecule is CNCCC(=O)NCCCOc1ccccc1. The molecule has 0 unspecified atom stereocenters. The van der Waals surface area contributed by atoms with Crippen molar-refractivity contribution >= 4 is 5.91 Å². The molecule has 1 aromatic rings. The smallest absolute Gasteiger partial charge is 0.221 e. The average Bonchev–Trinajstić information content (AvgIpc) is 2.37. The number of nitrogens with one attached hydrogen (secondary N) is 2. The third kappa shape index (κ3) is 6.58. The van der Waals surface area contributed by atoms with Crippen molar-refractivity contribution in [3.8, 4) is 5.75 Å². The molecule has 0 bridgehead atoms. The summed E-state index contributed by atoms with van der Waals surface area (Å²) in [6, 6.07) is 9.68. The highest BCUT2D eigenvalue weighted by Gasteiger charge is 1.98. The summed E-state index contributed by atoms with van der Waals surface area (Å²) in [6.07, 6.45) is 1.34. The van der Waals surface area contributed by atoms with Gasteiger partial charge < -0.3 is 15.4 Å². The number of carbonyl (C=O) groups is 1. The molecular weight excluding hydrogens is 216 g/mol. The minimum atomic E-state index is 0.0825. The number of amides is 1. The molecule has 4 nitrogen and oxygen atoms in total. The number of hydrogen-bond donors (Lipinski definition) is 2. The van der Waals surface area contributed by atoms with E-state index < -0.39 is 0 Å². The van der Waals surface area contributed by atoms with Crippen LogP contribution in [0, 0.1) is 0 Å². The number of ether oxygens (including phenoxy) is 1. The molecule has 4 heteroatoms. The van der Waals surface area contributed by atoms with Gasteiger partial charge in [0, 0.05) is 19.5 Å². The topological polar surface area (TPSA) is 50.4 Å². The van der Waals surface area contributed by atoms with Gasteiger partial charge in [-0.1, -0.05) is 18.2 Å². The third-order valence-electron chi connectivity index (χ3n) is 2.26. The van der Waals surface area contributed by atoms with Crippen molar-refractivity contribution < 1.29 is 9.53 Å². The Kier molecular flexibility index (Phi) is 6.82. The summed E-state index contributed by atoms with van der Waals surface area (Å²) in [5.41, 5.74) is 0. The lowest BCUT2D eigenvalue weighted by molar-refractivity contribution is -0.121. The predicted octanol–water partition coefficient (Wildman–Crippen LogP) is 1.18. The lowest BCUT2D eigenvalue weighted by Crippen LogP contribution is -2.28. The van der Waals surface area contributed by atoms with Crippen LogP contribution in [-0.2, 0) is 4.79 Å². The standard InChI is InChI=1S/C13H20N2O2/c1-14-10-8-13(16)15-9-5-11-17-12-6-3-2-4-7-12/h2-4,6-7,14H,5,8-11H2,1H3,(H,15,16). The maximum Gasteiger partial charge on any atom is 0.221 e. The molecule has 0 aliphatic carbocycles. The van der Waals surface area contributed by atoms with Crippen LogP contribution in [0.2, 0.25) is 0 Å². The van der Waals surface area contributed by atoms with Gasteiger partial charge in [0.25, 0.3) is 0 Å². The van der Waals surface area contributed by atoms with Gasteiger partial charge in [0.15, 0.2) is 0 Å². The minimum absolute atomic E-state index is 0.0825. The summed E-state index contributed by atoms with van der Waals surface area (Å²) >= 11 is 0. The maximum absolute atomic E-state index is 11.2. The van der Waals surface area contributed by atoms with E-state index in [-0.39, 0.29) is 5.91 Å². The van der Waals surface area contributed by atoms with Crippen LogP contribution < -0.4 is 15.4 Å². The quantitative estimate of drug-likeness (QED) is 0.666. The molecule has 1 aromatic carbocycles. The highest BCUT2D eigenvalue weighted by molar-refractivity contribution is 5.75. The third-order valence-corrected chi connectivity index (χ3v) is 2.26. The summed E-state index contributed by atoms with van der Waals surface area (Å²) < 4.78 is 5.51. The van der Waals surface area contributed by atoms with Gasteiger partial charge in [0.1, 0.15) is 5.75 Å². The molecule has 0 heterocycles. The van der Waals surface area contributed by atoms with Crippen LogP contribution in [-0.4, -0.2) is 32.7 Å². The van der Waals surface area contributed by atoms with E-state index >= 15 is 0 Å². The Bertz CT molecular complexity index is 314. The molecule has 0 saturated carbocycles. The van der Waals surface area contributed by atoms with Crippen molar-refractivity contribution in [1.29, 1.82) is 0 Å². The summed E-state index contributed by atoms with van der Waals surface area (Å²) in [5, 5.41) is 5.78. The van der Waals surface area contributed by atoms with Crippen LogP contribution in [0.5, 0.6) is 5.75 Å². The lowest BCUT2D eigenvalue weighted by atomic mass is 10.3. The zero-order valence-electron chi connectivity index (χ0n) is 10.2. The van der Waals surface area contributed by atoms with Crippen molar-refractivity contribution in [3.63, 3.8) is 0 Å². The first-order chi connectivity index (χ1) is 8.33. The van der Waals surface area contributed by atoms with E-state index in [0.717, 1.165) is 12.2 Å². The number of benzene rings is 1. The minimum Gasteiger partial charge on any atom is -0.494 e. The Balaban J connectivity index is 1.99. The fraction of sp³-hybridized carbons (Fsp3) is 0.462. The highest BCUT2D eigenvalue weighted by Crippen LogP contribution is 2.07. The first-order valence-corrected chi connectivity index (χ1v) is 5.92. The molecule has 0 spiro atoms. The van der Waals surface area contributed by atoms with Crippen molar-refractivity contribution in [2.75, 3.05) is 26.7 Å². The van der Waals surface area contributed by atoms with Gasteiger partial charge in [-0.25, -0.2) is 0 Å². The molecule has 0 aliphatic rings. The van der Waals surface area contributed by atoms with E-state index in [9.17, 15) is 4.79 Å². The number of hydrogen-bond acceptors (Lipinski definition) is 3. The monoisotopic (exact) mass is 236 g/mol. The van der Waals surface area contributed by atoms with Crippen LogP contribution >= 0.6 is 0 Å². The van der Waals surface area contributed by atoms with Crippen molar-refractivity contribution in [2.24, 2.45) is 0 Å². The van der Waals surface area contributed by atoms with Gasteiger partial charge in [-0.2, -0.15) is 0 Å². The molecule has 94 valence electrons. The molecule has 0 aliphatic heterocycles. The first-order valence-electron chi connectivity index (χ1n) is 5.92. The van der Waals surface area contributed by atoms with Crippen LogP contribution in [0.1, 0.15) is 12.8 Å². The number of rotatable bonds is 8.